The molecule has 154 valence electrons. The summed E-state index contributed by atoms with van der Waals surface area (Å²) in [4.78, 5) is 18.9. The van der Waals surface area contributed by atoms with E-state index in [0.717, 1.165) is 43.4 Å². The monoisotopic (exact) mass is 399 g/mol. The molecule has 3 aromatic rings. The maximum Gasteiger partial charge on any atom is 0.160 e. The Kier molecular flexibility index (Phi) is 5.82. The van der Waals surface area contributed by atoms with Crippen molar-refractivity contribution in [1.82, 2.24) is 24.8 Å². The Balaban J connectivity index is 1.16. The first-order valence-electron chi connectivity index (χ1n) is 11.1. The van der Waals surface area contributed by atoms with Crippen molar-refractivity contribution >= 4 is 0 Å². The van der Waals surface area contributed by atoms with Crippen molar-refractivity contribution in [1.29, 1.82) is 0 Å². The summed E-state index contributed by atoms with van der Waals surface area (Å²) < 4.78 is 0. The third kappa shape index (κ3) is 4.58. The summed E-state index contributed by atoms with van der Waals surface area (Å²) in [7, 11) is 0. The molecular formula is C25H29N5. The van der Waals surface area contributed by atoms with Gasteiger partial charge in [0.2, 0.25) is 0 Å². The van der Waals surface area contributed by atoms with Crippen LogP contribution in [0.15, 0.2) is 61.1 Å². The molecule has 0 atom stereocenters. The van der Waals surface area contributed by atoms with Crippen molar-refractivity contribution in [3.8, 4) is 11.4 Å². The van der Waals surface area contributed by atoms with Crippen LogP contribution in [0.5, 0.6) is 0 Å². The van der Waals surface area contributed by atoms with Gasteiger partial charge in [-0.1, -0.05) is 30.3 Å². The quantitative estimate of drug-likeness (QED) is 0.653. The van der Waals surface area contributed by atoms with Crippen LogP contribution in [0.25, 0.3) is 11.4 Å². The van der Waals surface area contributed by atoms with Crippen molar-refractivity contribution < 1.29 is 0 Å². The van der Waals surface area contributed by atoms with E-state index in [1.54, 1.807) is 6.20 Å². The molecule has 1 aromatic carbocycles. The normalized spacial score (nSPS) is 18.3. The lowest BCUT2D eigenvalue weighted by Gasteiger charge is -2.36. The highest BCUT2D eigenvalue weighted by atomic mass is 15.2. The Bertz CT molecular complexity index is 952. The van der Waals surface area contributed by atoms with Gasteiger partial charge in [0.1, 0.15) is 0 Å². The van der Waals surface area contributed by atoms with Gasteiger partial charge in [-0.2, -0.15) is 0 Å². The van der Waals surface area contributed by atoms with E-state index in [1.807, 2.05) is 24.5 Å². The summed E-state index contributed by atoms with van der Waals surface area (Å²) in [6.45, 7) is 6.74. The molecular weight excluding hydrogens is 370 g/mol. The first-order chi connectivity index (χ1) is 14.8. The zero-order chi connectivity index (χ0) is 20.2. The number of pyridine rings is 1. The van der Waals surface area contributed by atoms with Crippen molar-refractivity contribution in [2.45, 2.75) is 32.4 Å². The van der Waals surface area contributed by atoms with E-state index in [4.69, 9.17) is 4.98 Å². The van der Waals surface area contributed by atoms with Crippen LogP contribution in [0.1, 0.15) is 29.7 Å². The third-order valence-corrected chi connectivity index (χ3v) is 6.42. The molecule has 2 aliphatic heterocycles. The molecule has 0 saturated carbocycles. The summed E-state index contributed by atoms with van der Waals surface area (Å²) in [6, 6.07) is 14.8. The number of hydrogen-bond acceptors (Lipinski definition) is 5. The first kappa shape index (κ1) is 19.3. The zero-order valence-corrected chi connectivity index (χ0v) is 17.5. The molecule has 2 aliphatic rings. The van der Waals surface area contributed by atoms with Gasteiger partial charge in [0.25, 0.3) is 0 Å². The molecule has 0 amide bonds. The van der Waals surface area contributed by atoms with E-state index in [1.165, 1.54) is 49.3 Å². The summed E-state index contributed by atoms with van der Waals surface area (Å²) in [5.41, 5.74) is 4.91. The number of nitrogens with zero attached hydrogens (tertiary/aromatic N) is 5. The van der Waals surface area contributed by atoms with Crippen LogP contribution in [0.4, 0.5) is 0 Å². The molecule has 5 rings (SSSR count). The van der Waals surface area contributed by atoms with E-state index >= 15 is 0 Å². The Morgan fingerprint density at radius 3 is 2.57 bits per heavy atom. The third-order valence-electron chi connectivity index (χ3n) is 6.42. The number of benzene rings is 1. The molecule has 0 spiro atoms. The number of likely N-dealkylation sites (tertiary alicyclic amines) is 1. The van der Waals surface area contributed by atoms with Crippen LogP contribution in [0, 0.1) is 5.92 Å². The van der Waals surface area contributed by atoms with E-state index < -0.39 is 0 Å². The Labute approximate surface area is 178 Å². The molecule has 0 aliphatic carbocycles. The van der Waals surface area contributed by atoms with Crippen molar-refractivity contribution in [3.05, 3.63) is 77.9 Å². The number of hydrogen-bond donors (Lipinski definition) is 0. The molecule has 0 unspecified atom stereocenters. The van der Waals surface area contributed by atoms with Crippen LogP contribution in [0.2, 0.25) is 0 Å². The molecule has 2 aromatic heterocycles. The highest BCUT2D eigenvalue weighted by Crippen LogP contribution is 2.24. The minimum atomic E-state index is 0.790. The SMILES string of the molecule is c1ccc(CN2CCC(CN3CCc4cnc(-c5cccnc5)nc4C3)CC2)cc1. The lowest BCUT2D eigenvalue weighted by Crippen LogP contribution is -2.40. The van der Waals surface area contributed by atoms with Gasteiger partial charge in [0, 0.05) is 50.3 Å². The second-order valence-electron chi connectivity index (χ2n) is 8.60. The van der Waals surface area contributed by atoms with Crippen LogP contribution in [-0.2, 0) is 19.5 Å². The van der Waals surface area contributed by atoms with Gasteiger partial charge >= 0.3 is 0 Å². The maximum absolute atomic E-state index is 4.88. The fourth-order valence-electron chi connectivity index (χ4n) is 4.68. The second kappa shape index (κ2) is 9.02. The molecule has 0 bridgehead atoms. The molecule has 5 heteroatoms. The molecule has 30 heavy (non-hydrogen) atoms. The maximum atomic E-state index is 4.88. The summed E-state index contributed by atoms with van der Waals surface area (Å²) >= 11 is 0. The average molecular weight is 400 g/mol. The fourth-order valence-corrected chi connectivity index (χ4v) is 4.68. The predicted octanol–water partition coefficient (Wildman–Crippen LogP) is 3.81. The van der Waals surface area contributed by atoms with Gasteiger partial charge in [-0.3, -0.25) is 14.8 Å². The molecule has 0 radical (unpaired) electrons. The number of aromatic nitrogens is 3. The summed E-state index contributed by atoms with van der Waals surface area (Å²) in [5.74, 6) is 1.58. The van der Waals surface area contributed by atoms with Crippen molar-refractivity contribution in [2.24, 2.45) is 5.92 Å². The van der Waals surface area contributed by atoms with E-state index in [-0.39, 0.29) is 0 Å². The summed E-state index contributed by atoms with van der Waals surface area (Å²) in [6.07, 6.45) is 9.28. The van der Waals surface area contributed by atoms with Gasteiger partial charge < -0.3 is 0 Å². The predicted molar refractivity (Wildman–Crippen MR) is 119 cm³/mol. The first-order valence-corrected chi connectivity index (χ1v) is 11.1. The largest absolute Gasteiger partial charge is 0.299 e. The van der Waals surface area contributed by atoms with Crippen LogP contribution in [-0.4, -0.2) is 50.9 Å². The van der Waals surface area contributed by atoms with E-state index in [0.29, 0.717) is 0 Å². The van der Waals surface area contributed by atoms with Gasteiger partial charge in [-0.15, -0.1) is 0 Å². The Hall–Kier alpha value is -2.63. The lowest BCUT2D eigenvalue weighted by molar-refractivity contribution is 0.131. The highest BCUT2D eigenvalue weighted by Gasteiger charge is 2.24. The lowest BCUT2D eigenvalue weighted by atomic mass is 9.94. The van der Waals surface area contributed by atoms with Crippen molar-refractivity contribution in [2.75, 3.05) is 26.2 Å². The van der Waals surface area contributed by atoms with E-state index in [2.05, 4.69) is 50.1 Å². The van der Waals surface area contributed by atoms with Gasteiger partial charge in [-0.05, 0) is 61.5 Å². The Morgan fingerprint density at radius 2 is 1.77 bits per heavy atom. The smallest absolute Gasteiger partial charge is 0.160 e. The number of rotatable bonds is 5. The Morgan fingerprint density at radius 1 is 0.900 bits per heavy atom. The summed E-state index contributed by atoms with van der Waals surface area (Å²) in [5, 5.41) is 0. The number of fused-ring (bicyclic) bond motifs is 1. The van der Waals surface area contributed by atoms with Gasteiger partial charge in [0.15, 0.2) is 5.82 Å². The van der Waals surface area contributed by atoms with Crippen LogP contribution >= 0.6 is 0 Å². The van der Waals surface area contributed by atoms with Crippen LogP contribution in [0.3, 0.4) is 0 Å². The molecule has 4 heterocycles. The number of piperidine rings is 1. The van der Waals surface area contributed by atoms with Gasteiger partial charge in [-0.25, -0.2) is 9.97 Å². The molecule has 1 fully saturated rings. The van der Waals surface area contributed by atoms with Crippen molar-refractivity contribution in [3.63, 3.8) is 0 Å². The van der Waals surface area contributed by atoms with Crippen LogP contribution < -0.4 is 0 Å². The average Bonchev–Trinajstić information content (AvgIpc) is 2.81. The zero-order valence-electron chi connectivity index (χ0n) is 17.5. The molecule has 1 saturated heterocycles. The molecule has 5 nitrogen and oxygen atoms in total. The minimum Gasteiger partial charge on any atom is -0.299 e. The fraction of sp³-hybridized carbons (Fsp3) is 0.400. The molecule has 0 N–H and O–H groups in total. The van der Waals surface area contributed by atoms with E-state index in [9.17, 15) is 0 Å². The van der Waals surface area contributed by atoms with Gasteiger partial charge in [0.05, 0.1) is 5.69 Å². The minimum absolute atomic E-state index is 0.790. The second-order valence-corrected chi connectivity index (χ2v) is 8.60. The highest BCUT2D eigenvalue weighted by molar-refractivity contribution is 5.53. The standard InChI is InChI=1S/C25H29N5/c1-2-5-20(6-3-1)17-29-12-8-21(9-13-29)18-30-14-10-22-16-27-25(28-24(22)19-30)23-7-4-11-26-15-23/h1-7,11,15-16,21H,8-10,12-14,17-19H2. The topological polar surface area (TPSA) is 45.2 Å².